The minimum atomic E-state index is -0.0609. The summed E-state index contributed by atoms with van der Waals surface area (Å²) >= 11 is 6.36. The van der Waals surface area contributed by atoms with Gasteiger partial charge in [-0.3, -0.25) is 0 Å². The summed E-state index contributed by atoms with van der Waals surface area (Å²) in [6.07, 6.45) is 0.830. The van der Waals surface area contributed by atoms with Gasteiger partial charge >= 0.3 is 0 Å². The highest BCUT2D eigenvalue weighted by Gasteiger charge is 2.16. The van der Waals surface area contributed by atoms with Crippen molar-refractivity contribution < 1.29 is 5.11 Å². The third kappa shape index (κ3) is 3.22. The summed E-state index contributed by atoms with van der Waals surface area (Å²) in [5.74, 6) is 0.484. The van der Waals surface area contributed by atoms with Crippen LogP contribution in [0.1, 0.15) is 36.2 Å². The second-order valence-corrected chi connectivity index (χ2v) is 5.91. The lowest BCUT2D eigenvalue weighted by atomic mass is 10.1. The Bertz CT molecular complexity index is 590. The Hall–Kier alpha value is -1.32. The second-order valence-electron chi connectivity index (χ2n) is 5.56. The summed E-state index contributed by atoms with van der Waals surface area (Å²) in [5.41, 5.74) is 4.07. The van der Waals surface area contributed by atoms with Crippen molar-refractivity contribution >= 4 is 11.6 Å². The molecule has 0 aliphatic heterocycles. The standard InChI is InChI=1S/C16H21ClN2O/c1-11(2)8-15-14(10-20)16(17)19(18-15)9-13-7-5-4-6-12(13)3/h4-7,11,20H,8-10H2,1-3H3. The van der Waals surface area contributed by atoms with Crippen LogP contribution in [-0.2, 0) is 19.6 Å². The van der Waals surface area contributed by atoms with E-state index in [9.17, 15) is 5.11 Å². The minimum Gasteiger partial charge on any atom is -0.391 e. The molecule has 108 valence electrons. The Balaban J connectivity index is 2.33. The van der Waals surface area contributed by atoms with Crippen molar-refractivity contribution in [3.8, 4) is 0 Å². The molecule has 0 fully saturated rings. The van der Waals surface area contributed by atoms with Crippen LogP contribution in [0, 0.1) is 12.8 Å². The lowest BCUT2D eigenvalue weighted by Crippen LogP contribution is -2.04. The van der Waals surface area contributed by atoms with E-state index in [4.69, 9.17) is 11.6 Å². The lowest BCUT2D eigenvalue weighted by molar-refractivity contribution is 0.280. The van der Waals surface area contributed by atoms with Gasteiger partial charge in [0.15, 0.2) is 0 Å². The summed E-state index contributed by atoms with van der Waals surface area (Å²) in [6.45, 7) is 6.92. The Morgan fingerprint density at radius 2 is 2.00 bits per heavy atom. The Morgan fingerprint density at radius 1 is 1.30 bits per heavy atom. The van der Waals surface area contributed by atoms with Crippen molar-refractivity contribution in [2.75, 3.05) is 0 Å². The highest BCUT2D eigenvalue weighted by Crippen LogP contribution is 2.24. The molecule has 1 N–H and O–H groups in total. The van der Waals surface area contributed by atoms with E-state index < -0.39 is 0 Å². The molecule has 0 saturated heterocycles. The first kappa shape index (κ1) is 15.1. The average Bonchev–Trinajstić information content (AvgIpc) is 2.67. The SMILES string of the molecule is Cc1ccccc1Cn1nc(CC(C)C)c(CO)c1Cl. The van der Waals surface area contributed by atoms with E-state index >= 15 is 0 Å². The smallest absolute Gasteiger partial charge is 0.133 e. The lowest BCUT2D eigenvalue weighted by Gasteiger charge is -2.06. The van der Waals surface area contributed by atoms with Crippen molar-refractivity contribution in [3.63, 3.8) is 0 Å². The fraction of sp³-hybridized carbons (Fsp3) is 0.438. The van der Waals surface area contributed by atoms with Gasteiger partial charge in [0.25, 0.3) is 0 Å². The van der Waals surface area contributed by atoms with Crippen LogP contribution >= 0.6 is 11.6 Å². The number of hydrogen-bond donors (Lipinski definition) is 1. The summed E-state index contributed by atoms with van der Waals surface area (Å²) < 4.78 is 1.78. The molecule has 20 heavy (non-hydrogen) atoms. The molecule has 0 aliphatic rings. The molecular weight excluding hydrogens is 272 g/mol. The molecule has 2 rings (SSSR count). The fourth-order valence-electron chi connectivity index (χ4n) is 2.29. The molecule has 0 bridgehead atoms. The summed E-state index contributed by atoms with van der Waals surface area (Å²) in [6, 6.07) is 8.19. The second kappa shape index (κ2) is 6.42. The number of aliphatic hydroxyl groups is 1. The molecule has 0 amide bonds. The van der Waals surface area contributed by atoms with Gasteiger partial charge < -0.3 is 5.11 Å². The van der Waals surface area contributed by atoms with Gasteiger partial charge in [-0.2, -0.15) is 5.10 Å². The van der Waals surface area contributed by atoms with Crippen LogP contribution in [0.25, 0.3) is 0 Å². The summed E-state index contributed by atoms with van der Waals surface area (Å²) in [7, 11) is 0. The van der Waals surface area contributed by atoms with Gasteiger partial charge in [0.1, 0.15) is 5.15 Å². The molecule has 0 spiro atoms. The monoisotopic (exact) mass is 292 g/mol. The van der Waals surface area contributed by atoms with Crippen molar-refractivity contribution in [2.24, 2.45) is 5.92 Å². The first-order valence-corrected chi connectivity index (χ1v) is 7.30. The van der Waals surface area contributed by atoms with E-state index in [1.54, 1.807) is 4.68 Å². The quantitative estimate of drug-likeness (QED) is 0.914. The molecule has 2 aromatic rings. The number of aliphatic hydroxyl groups excluding tert-OH is 1. The zero-order chi connectivity index (χ0) is 14.7. The molecular formula is C16H21ClN2O. The van der Waals surface area contributed by atoms with Gasteiger partial charge in [0.05, 0.1) is 18.8 Å². The molecule has 1 aromatic heterocycles. The van der Waals surface area contributed by atoms with Gasteiger partial charge in [-0.15, -0.1) is 0 Å². The van der Waals surface area contributed by atoms with Gasteiger partial charge in [0.2, 0.25) is 0 Å². The fourth-order valence-corrected chi connectivity index (χ4v) is 2.55. The molecule has 3 nitrogen and oxygen atoms in total. The molecule has 1 aromatic carbocycles. The maximum atomic E-state index is 9.51. The topological polar surface area (TPSA) is 38.0 Å². The van der Waals surface area contributed by atoms with E-state index in [0.29, 0.717) is 17.6 Å². The van der Waals surface area contributed by atoms with E-state index in [1.165, 1.54) is 11.1 Å². The molecule has 0 radical (unpaired) electrons. The molecule has 0 aliphatic carbocycles. The van der Waals surface area contributed by atoms with Crippen molar-refractivity contribution in [3.05, 3.63) is 51.8 Å². The van der Waals surface area contributed by atoms with Crippen LogP contribution in [0.15, 0.2) is 24.3 Å². The Labute approximate surface area is 125 Å². The van der Waals surface area contributed by atoms with Crippen molar-refractivity contribution in [1.29, 1.82) is 0 Å². The Kier molecular flexibility index (Phi) is 4.84. The largest absolute Gasteiger partial charge is 0.391 e. The summed E-state index contributed by atoms with van der Waals surface area (Å²) in [5, 5.41) is 14.6. The molecule has 1 heterocycles. The van der Waals surface area contributed by atoms with E-state index in [-0.39, 0.29) is 6.61 Å². The van der Waals surface area contributed by atoms with E-state index in [1.807, 2.05) is 12.1 Å². The van der Waals surface area contributed by atoms with Crippen LogP contribution in [0.2, 0.25) is 5.15 Å². The first-order chi connectivity index (χ1) is 9.52. The Morgan fingerprint density at radius 3 is 2.60 bits per heavy atom. The van der Waals surface area contributed by atoms with Crippen LogP contribution < -0.4 is 0 Å². The number of hydrogen-bond acceptors (Lipinski definition) is 2. The zero-order valence-corrected chi connectivity index (χ0v) is 13.0. The van der Waals surface area contributed by atoms with Gasteiger partial charge in [0, 0.05) is 5.56 Å². The van der Waals surface area contributed by atoms with Crippen molar-refractivity contribution in [2.45, 2.75) is 40.3 Å². The summed E-state index contributed by atoms with van der Waals surface area (Å²) in [4.78, 5) is 0. The van der Waals surface area contributed by atoms with Crippen LogP contribution in [0.3, 0.4) is 0 Å². The van der Waals surface area contributed by atoms with E-state index in [2.05, 4.69) is 38.0 Å². The van der Waals surface area contributed by atoms with Crippen LogP contribution in [0.5, 0.6) is 0 Å². The predicted molar refractivity (Wildman–Crippen MR) is 82.0 cm³/mol. The van der Waals surface area contributed by atoms with Crippen LogP contribution in [0.4, 0.5) is 0 Å². The number of halogens is 1. The maximum Gasteiger partial charge on any atom is 0.133 e. The number of nitrogens with zero attached hydrogens (tertiary/aromatic N) is 2. The predicted octanol–water partition coefficient (Wildman–Crippen LogP) is 3.58. The normalized spacial score (nSPS) is 11.3. The van der Waals surface area contributed by atoms with Gasteiger partial charge in [-0.25, -0.2) is 4.68 Å². The van der Waals surface area contributed by atoms with E-state index in [0.717, 1.165) is 17.7 Å². The molecule has 4 heteroatoms. The van der Waals surface area contributed by atoms with Gasteiger partial charge in [-0.1, -0.05) is 49.7 Å². The number of aromatic nitrogens is 2. The van der Waals surface area contributed by atoms with Gasteiger partial charge in [-0.05, 0) is 30.4 Å². The third-order valence-corrected chi connectivity index (χ3v) is 3.83. The highest BCUT2D eigenvalue weighted by atomic mass is 35.5. The zero-order valence-electron chi connectivity index (χ0n) is 12.2. The van der Waals surface area contributed by atoms with Crippen molar-refractivity contribution in [1.82, 2.24) is 9.78 Å². The first-order valence-electron chi connectivity index (χ1n) is 6.92. The average molecular weight is 293 g/mol. The molecule has 0 atom stereocenters. The maximum absolute atomic E-state index is 9.51. The highest BCUT2D eigenvalue weighted by molar-refractivity contribution is 6.30. The number of aryl methyl sites for hydroxylation is 1. The molecule has 0 unspecified atom stereocenters. The minimum absolute atomic E-state index is 0.0609. The third-order valence-electron chi connectivity index (χ3n) is 3.41. The number of rotatable bonds is 5. The van der Waals surface area contributed by atoms with Crippen LogP contribution in [-0.4, -0.2) is 14.9 Å². The number of benzene rings is 1. The molecule has 0 saturated carbocycles.